The molecule has 5 rings (SSSR count). The third kappa shape index (κ3) is 4.00. The Labute approximate surface area is 195 Å². The first-order valence-corrected chi connectivity index (χ1v) is 11.7. The van der Waals surface area contributed by atoms with E-state index in [0.29, 0.717) is 25.4 Å². The molecule has 0 radical (unpaired) electrons. The van der Waals surface area contributed by atoms with Crippen molar-refractivity contribution in [2.24, 2.45) is 5.92 Å². The maximum Gasteiger partial charge on any atom is 0.235 e. The summed E-state index contributed by atoms with van der Waals surface area (Å²) in [6.07, 6.45) is 1.40. The zero-order valence-electron chi connectivity index (χ0n) is 19.2. The minimum atomic E-state index is -0.626. The molecular weight excluding hydrogens is 406 g/mol. The lowest BCUT2D eigenvalue weighted by Crippen LogP contribution is -2.41. The average Bonchev–Trinajstić information content (AvgIpc) is 3.25. The number of hydrogen-bond donors (Lipinski definition) is 1. The zero-order chi connectivity index (χ0) is 22.8. The molecule has 33 heavy (non-hydrogen) atoms. The Morgan fingerprint density at radius 2 is 1.42 bits per heavy atom. The number of rotatable bonds is 6. The molecule has 0 fully saturated rings. The van der Waals surface area contributed by atoms with Gasteiger partial charge < -0.3 is 10.1 Å². The van der Waals surface area contributed by atoms with Gasteiger partial charge in [-0.05, 0) is 47.6 Å². The Bertz CT molecular complexity index is 1270. The molecule has 0 saturated carbocycles. The summed E-state index contributed by atoms with van der Waals surface area (Å²) < 4.78 is 6.06. The van der Waals surface area contributed by atoms with Crippen molar-refractivity contribution >= 4 is 22.4 Å². The van der Waals surface area contributed by atoms with Gasteiger partial charge in [0.25, 0.3) is 0 Å². The minimum absolute atomic E-state index is 0.0332. The highest BCUT2D eigenvalue weighted by molar-refractivity contribution is 6.07. The van der Waals surface area contributed by atoms with Gasteiger partial charge in [0.05, 0.1) is 12.0 Å². The Kier molecular flexibility index (Phi) is 5.63. The Hall–Kier alpha value is -3.59. The van der Waals surface area contributed by atoms with Crippen molar-refractivity contribution in [2.45, 2.75) is 32.1 Å². The first kappa shape index (κ1) is 21.3. The average molecular weight is 436 g/mol. The smallest absolute Gasteiger partial charge is 0.235 e. The summed E-state index contributed by atoms with van der Waals surface area (Å²) >= 11 is 0. The topological polar surface area (TPSA) is 38.3 Å². The summed E-state index contributed by atoms with van der Waals surface area (Å²) in [5.74, 6) is 1.33. The van der Waals surface area contributed by atoms with Crippen LogP contribution in [0.3, 0.4) is 0 Å². The summed E-state index contributed by atoms with van der Waals surface area (Å²) in [7, 11) is 0. The quantitative estimate of drug-likeness (QED) is 0.373. The molecule has 4 aromatic carbocycles. The van der Waals surface area contributed by atoms with Crippen LogP contribution >= 0.6 is 0 Å². The van der Waals surface area contributed by atoms with Crippen molar-refractivity contribution in [3.63, 3.8) is 0 Å². The summed E-state index contributed by atoms with van der Waals surface area (Å²) in [5, 5.41) is 5.30. The van der Waals surface area contributed by atoms with E-state index in [0.717, 1.165) is 27.8 Å². The normalized spacial score (nSPS) is 14.3. The van der Waals surface area contributed by atoms with Gasteiger partial charge in [0.1, 0.15) is 5.75 Å². The molecule has 0 bridgehead atoms. The third-order valence-corrected chi connectivity index (χ3v) is 6.57. The lowest BCUT2D eigenvalue weighted by atomic mass is 9.76. The molecule has 1 aliphatic rings. The largest absolute Gasteiger partial charge is 0.493 e. The molecular formula is C30H29NO2. The SMILES string of the molecule is CC(C)COc1ccc(NC(=O)C2(c3ccccc3)Cc3ccccc3C2)c2ccccc12. The van der Waals surface area contributed by atoms with Gasteiger partial charge in [-0.15, -0.1) is 0 Å². The van der Waals surface area contributed by atoms with E-state index in [2.05, 4.69) is 61.6 Å². The van der Waals surface area contributed by atoms with Crippen LogP contribution in [0.15, 0.2) is 91.0 Å². The van der Waals surface area contributed by atoms with Crippen LogP contribution in [0.4, 0.5) is 5.69 Å². The van der Waals surface area contributed by atoms with Crippen LogP contribution in [0, 0.1) is 5.92 Å². The van der Waals surface area contributed by atoms with Crippen molar-refractivity contribution in [3.8, 4) is 5.75 Å². The lowest BCUT2D eigenvalue weighted by Gasteiger charge is -2.29. The molecule has 0 unspecified atom stereocenters. The molecule has 1 aliphatic carbocycles. The summed E-state index contributed by atoms with van der Waals surface area (Å²) in [4.78, 5) is 14.0. The van der Waals surface area contributed by atoms with Gasteiger partial charge in [0, 0.05) is 16.5 Å². The highest BCUT2D eigenvalue weighted by atomic mass is 16.5. The monoisotopic (exact) mass is 435 g/mol. The molecule has 0 saturated heterocycles. The second-order valence-electron chi connectivity index (χ2n) is 9.39. The van der Waals surface area contributed by atoms with Gasteiger partial charge in [0.15, 0.2) is 0 Å². The van der Waals surface area contributed by atoms with Crippen molar-refractivity contribution in [1.82, 2.24) is 0 Å². The highest BCUT2D eigenvalue weighted by Gasteiger charge is 2.45. The number of carbonyl (C=O) groups excluding carboxylic acids is 1. The van der Waals surface area contributed by atoms with Crippen LogP contribution in [0.1, 0.15) is 30.5 Å². The highest BCUT2D eigenvalue weighted by Crippen LogP contribution is 2.41. The van der Waals surface area contributed by atoms with E-state index in [9.17, 15) is 4.79 Å². The van der Waals surface area contributed by atoms with Crippen molar-refractivity contribution in [3.05, 3.63) is 108 Å². The summed E-state index contributed by atoms with van der Waals surface area (Å²) in [6.45, 7) is 4.93. The van der Waals surface area contributed by atoms with E-state index in [-0.39, 0.29) is 5.91 Å². The van der Waals surface area contributed by atoms with Gasteiger partial charge in [-0.1, -0.05) is 92.7 Å². The van der Waals surface area contributed by atoms with Crippen LogP contribution in [0.25, 0.3) is 10.8 Å². The molecule has 0 aliphatic heterocycles. The van der Waals surface area contributed by atoms with E-state index >= 15 is 0 Å². The van der Waals surface area contributed by atoms with Crippen molar-refractivity contribution < 1.29 is 9.53 Å². The number of benzene rings is 4. The van der Waals surface area contributed by atoms with Gasteiger partial charge in [-0.3, -0.25) is 4.79 Å². The Morgan fingerprint density at radius 3 is 2.09 bits per heavy atom. The van der Waals surface area contributed by atoms with Crippen LogP contribution in [0.5, 0.6) is 5.75 Å². The van der Waals surface area contributed by atoms with Gasteiger partial charge in [0.2, 0.25) is 5.91 Å². The number of fused-ring (bicyclic) bond motifs is 2. The van der Waals surface area contributed by atoms with Crippen LogP contribution in [-0.2, 0) is 23.1 Å². The molecule has 166 valence electrons. The Balaban J connectivity index is 1.52. The van der Waals surface area contributed by atoms with E-state index in [4.69, 9.17) is 4.74 Å². The maximum absolute atomic E-state index is 14.0. The number of carbonyl (C=O) groups is 1. The van der Waals surface area contributed by atoms with Crippen molar-refractivity contribution in [2.75, 3.05) is 11.9 Å². The lowest BCUT2D eigenvalue weighted by molar-refractivity contribution is -0.121. The van der Waals surface area contributed by atoms with Gasteiger partial charge >= 0.3 is 0 Å². The van der Waals surface area contributed by atoms with E-state index in [1.807, 2.05) is 48.5 Å². The van der Waals surface area contributed by atoms with Gasteiger partial charge in [-0.2, -0.15) is 0 Å². The molecule has 0 atom stereocenters. The van der Waals surface area contributed by atoms with Crippen LogP contribution in [0.2, 0.25) is 0 Å². The second-order valence-corrected chi connectivity index (χ2v) is 9.39. The van der Waals surface area contributed by atoms with E-state index in [1.165, 1.54) is 11.1 Å². The minimum Gasteiger partial charge on any atom is -0.493 e. The molecule has 1 amide bonds. The van der Waals surface area contributed by atoms with E-state index in [1.54, 1.807) is 0 Å². The molecule has 0 spiro atoms. The second kappa shape index (κ2) is 8.74. The standard InChI is InChI=1S/C30H29NO2/c1-21(2)20-33-28-17-16-27(25-14-8-9-15-26(25)28)31-29(32)30(24-12-4-3-5-13-24)18-22-10-6-7-11-23(22)19-30/h3-17,21H,18-20H2,1-2H3,(H,31,32). The molecule has 3 nitrogen and oxygen atoms in total. The maximum atomic E-state index is 14.0. The van der Waals surface area contributed by atoms with Crippen LogP contribution < -0.4 is 10.1 Å². The fraction of sp³-hybridized carbons (Fsp3) is 0.233. The predicted octanol–water partition coefficient (Wildman–Crippen LogP) is 6.55. The summed E-state index contributed by atoms with van der Waals surface area (Å²) in [5.41, 5.74) is 3.75. The number of anilines is 1. The predicted molar refractivity (Wildman–Crippen MR) is 135 cm³/mol. The number of ether oxygens (including phenoxy) is 1. The van der Waals surface area contributed by atoms with E-state index < -0.39 is 5.41 Å². The fourth-order valence-corrected chi connectivity index (χ4v) is 4.87. The molecule has 0 aromatic heterocycles. The van der Waals surface area contributed by atoms with Crippen molar-refractivity contribution in [1.29, 1.82) is 0 Å². The fourth-order valence-electron chi connectivity index (χ4n) is 4.87. The van der Waals surface area contributed by atoms with Gasteiger partial charge in [-0.25, -0.2) is 0 Å². The number of hydrogen-bond acceptors (Lipinski definition) is 2. The molecule has 0 heterocycles. The molecule has 1 N–H and O–H groups in total. The first-order chi connectivity index (χ1) is 16.1. The first-order valence-electron chi connectivity index (χ1n) is 11.7. The third-order valence-electron chi connectivity index (χ3n) is 6.57. The summed E-state index contributed by atoms with van der Waals surface area (Å²) in [6, 6.07) is 30.6. The molecule has 3 heteroatoms. The van der Waals surface area contributed by atoms with Crippen LogP contribution in [-0.4, -0.2) is 12.5 Å². The zero-order valence-corrected chi connectivity index (χ0v) is 19.2. The number of nitrogens with one attached hydrogen (secondary N) is 1. The number of amides is 1. The Morgan fingerprint density at radius 1 is 0.818 bits per heavy atom. The molecule has 4 aromatic rings.